The summed E-state index contributed by atoms with van der Waals surface area (Å²) in [6, 6.07) is 8.37. The first kappa shape index (κ1) is 19.7. The number of hydrogen-bond donors (Lipinski definition) is 1. The number of fused-ring (bicyclic) bond motifs is 1. The van der Waals surface area contributed by atoms with Gasteiger partial charge in [-0.25, -0.2) is 4.79 Å². The molecule has 1 heterocycles. The van der Waals surface area contributed by atoms with Gasteiger partial charge in [0.25, 0.3) is 0 Å². The molecule has 0 unspecified atom stereocenters. The fourth-order valence-electron chi connectivity index (χ4n) is 4.80. The molecule has 0 spiro atoms. The molecule has 1 saturated carbocycles. The minimum atomic E-state index is -0.324. The lowest BCUT2D eigenvalue weighted by Crippen LogP contribution is -2.21. The Hall–Kier alpha value is -2.56. The van der Waals surface area contributed by atoms with Gasteiger partial charge in [-0.1, -0.05) is 19.1 Å². The van der Waals surface area contributed by atoms with Crippen molar-refractivity contribution < 1.29 is 14.3 Å². The van der Waals surface area contributed by atoms with Crippen molar-refractivity contribution in [2.45, 2.75) is 58.0 Å². The van der Waals surface area contributed by atoms with E-state index < -0.39 is 0 Å². The van der Waals surface area contributed by atoms with Crippen LogP contribution in [-0.4, -0.2) is 36.9 Å². The first-order valence-corrected chi connectivity index (χ1v) is 10.6. The summed E-state index contributed by atoms with van der Waals surface area (Å²) in [5, 5.41) is 0. The van der Waals surface area contributed by atoms with Crippen LogP contribution in [0, 0.1) is 12.8 Å². The monoisotopic (exact) mass is 394 g/mol. The zero-order valence-electron chi connectivity index (χ0n) is 17.7. The molecule has 0 amide bonds. The predicted molar refractivity (Wildman–Crippen MR) is 114 cm³/mol. The number of esters is 1. The van der Waals surface area contributed by atoms with E-state index in [0.29, 0.717) is 23.6 Å². The topological polar surface area (TPSA) is 62.4 Å². The van der Waals surface area contributed by atoms with Gasteiger partial charge in [0, 0.05) is 37.5 Å². The van der Waals surface area contributed by atoms with Gasteiger partial charge in [0.05, 0.1) is 0 Å². The molecule has 5 heteroatoms. The molecule has 1 N–H and O–H groups in total. The van der Waals surface area contributed by atoms with Crippen molar-refractivity contribution in [3.8, 4) is 0 Å². The van der Waals surface area contributed by atoms with Crippen LogP contribution in [0.5, 0.6) is 0 Å². The molecule has 1 fully saturated rings. The molecular formula is C24H30N2O3. The molecule has 2 aromatic rings. The lowest BCUT2D eigenvalue weighted by atomic mass is 9.81. The first-order chi connectivity index (χ1) is 13.8. The van der Waals surface area contributed by atoms with Crippen molar-refractivity contribution in [1.29, 1.82) is 0 Å². The van der Waals surface area contributed by atoms with E-state index in [-0.39, 0.29) is 23.8 Å². The lowest BCUT2D eigenvalue weighted by Gasteiger charge is -2.23. The summed E-state index contributed by atoms with van der Waals surface area (Å²) in [6.07, 6.45) is 4.33. The maximum absolute atomic E-state index is 12.9. The number of aromatic amines is 1. The fraction of sp³-hybridized carbons (Fsp3) is 0.500. The van der Waals surface area contributed by atoms with Crippen LogP contribution in [0.15, 0.2) is 24.3 Å². The molecule has 1 aromatic carbocycles. The van der Waals surface area contributed by atoms with Crippen molar-refractivity contribution >= 4 is 17.4 Å². The average Bonchev–Trinajstić information content (AvgIpc) is 3.25. The Kier molecular flexibility index (Phi) is 5.24. The quantitative estimate of drug-likeness (QED) is 0.767. The Labute approximate surface area is 172 Å². The molecule has 3 atom stereocenters. The van der Waals surface area contributed by atoms with E-state index in [1.165, 1.54) is 0 Å². The summed E-state index contributed by atoms with van der Waals surface area (Å²) in [7, 11) is 4.03. The number of nitrogens with zero attached hydrogens (tertiary/aromatic N) is 1. The average molecular weight is 395 g/mol. The fourth-order valence-corrected chi connectivity index (χ4v) is 4.80. The molecule has 29 heavy (non-hydrogen) atoms. The van der Waals surface area contributed by atoms with Gasteiger partial charge in [-0.2, -0.15) is 0 Å². The number of Topliss-reactive ketones (excluding diaryl/α,β-unsaturated/α-hetero) is 1. The van der Waals surface area contributed by atoms with Crippen LogP contribution in [0.2, 0.25) is 0 Å². The third kappa shape index (κ3) is 3.70. The Morgan fingerprint density at radius 3 is 2.48 bits per heavy atom. The third-order valence-corrected chi connectivity index (χ3v) is 6.62. The van der Waals surface area contributed by atoms with E-state index in [1.807, 2.05) is 21.0 Å². The second-order valence-corrected chi connectivity index (χ2v) is 8.84. The van der Waals surface area contributed by atoms with Crippen molar-refractivity contribution in [2.24, 2.45) is 5.92 Å². The van der Waals surface area contributed by atoms with Crippen molar-refractivity contribution in [2.75, 3.05) is 19.0 Å². The van der Waals surface area contributed by atoms with Crippen LogP contribution in [0.3, 0.4) is 0 Å². The Balaban J connectivity index is 1.55. The number of nitrogens with one attached hydrogen (secondary N) is 1. The summed E-state index contributed by atoms with van der Waals surface area (Å²) < 4.78 is 5.76. The second kappa shape index (κ2) is 7.69. The van der Waals surface area contributed by atoms with Gasteiger partial charge in [0.15, 0.2) is 5.78 Å². The summed E-state index contributed by atoms with van der Waals surface area (Å²) >= 11 is 0. The number of carbonyl (C=O) groups excluding carboxylic acids is 2. The van der Waals surface area contributed by atoms with Gasteiger partial charge in [-0.3, -0.25) is 4.79 Å². The molecule has 0 saturated heterocycles. The molecule has 0 bridgehead atoms. The molecule has 1 aromatic heterocycles. The van der Waals surface area contributed by atoms with Gasteiger partial charge in [-0.15, -0.1) is 0 Å². The molecule has 5 nitrogen and oxygen atoms in total. The Morgan fingerprint density at radius 2 is 1.86 bits per heavy atom. The highest BCUT2D eigenvalue weighted by molar-refractivity contribution is 6.03. The van der Waals surface area contributed by atoms with Crippen LogP contribution in [0.4, 0.5) is 5.69 Å². The summed E-state index contributed by atoms with van der Waals surface area (Å²) in [5.74, 6) is 0.313. The van der Waals surface area contributed by atoms with E-state index in [2.05, 4.69) is 41.1 Å². The number of carbonyl (C=O) groups is 2. The minimum Gasteiger partial charge on any atom is -0.457 e. The summed E-state index contributed by atoms with van der Waals surface area (Å²) in [5.41, 5.74) is 5.04. The number of aromatic nitrogens is 1. The van der Waals surface area contributed by atoms with Gasteiger partial charge >= 0.3 is 5.97 Å². The minimum absolute atomic E-state index is 0.0131. The van der Waals surface area contributed by atoms with Crippen LogP contribution in [-0.2, 0) is 11.2 Å². The van der Waals surface area contributed by atoms with Gasteiger partial charge in [-0.05, 0) is 67.7 Å². The van der Waals surface area contributed by atoms with Gasteiger partial charge in [0.2, 0.25) is 0 Å². The van der Waals surface area contributed by atoms with E-state index in [9.17, 15) is 9.59 Å². The largest absolute Gasteiger partial charge is 0.457 e. The number of benzene rings is 1. The first-order valence-electron chi connectivity index (χ1n) is 10.6. The number of anilines is 1. The summed E-state index contributed by atoms with van der Waals surface area (Å²) in [4.78, 5) is 31.0. The number of ether oxygens (including phenoxy) is 1. The molecule has 0 aliphatic heterocycles. The standard InChI is InChI=1S/C24H30N2O3/c1-14-6-5-7-21(14)29-24(28)23-15(2)22-19(25-23)12-17(13-20(22)27)16-8-10-18(11-9-16)26(3)4/h8-11,14,17,21,25H,5-7,12-13H2,1-4H3/t14-,17-,21-/m0/s1. The van der Waals surface area contributed by atoms with Crippen molar-refractivity contribution in [3.05, 3.63) is 52.3 Å². The van der Waals surface area contributed by atoms with E-state index in [0.717, 1.165) is 48.2 Å². The van der Waals surface area contributed by atoms with Crippen LogP contribution in [0.1, 0.15) is 76.2 Å². The van der Waals surface area contributed by atoms with E-state index in [1.54, 1.807) is 0 Å². The molecule has 2 aliphatic carbocycles. The highest BCUT2D eigenvalue weighted by Crippen LogP contribution is 2.36. The highest BCUT2D eigenvalue weighted by atomic mass is 16.5. The summed E-state index contributed by atoms with van der Waals surface area (Å²) in [6.45, 7) is 3.99. The van der Waals surface area contributed by atoms with Crippen molar-refractivity contribution in [1.82, 2.24) is 4.98 Å². The normalized spacial score (nSPS) is 23.7. The number of ketones is 1. The van der Waals surface area contributed by atoms with E-state index >= 15 is 0 Å². The highest BCUT2D eigenvalue weighted by Gasteiger charge is 2.34. The van der Waals surface area contributed by atoms with Gasteiger partial charge in [0.1, 0.15) is 11.8 Å². The van der Waals surface area contributed by atoms with E-state index in [4.69, 9.17) is 4.74 Å². The smallest absolute Gasteiger partial charge is 0.355 e. The van der Waals surface area contributed by atoms with Crippen molar-refractivity contribution in [3.63, 3.8) is 0 Å². The predicted octanol–water partition coefficient (Wildman–Crippen LogP) is 4.65. The molecule has 154 valence electrons. The Bertz CT molecular complexity index is 926. The number of rotatable bonds is 4. The molecular weight excluding hydrogens is 364 g/mol. The number of H-pyrrole nitrogens is 1. The molecule has 2 aliphatic rings. The zero-order chi connectivity index (χ0) is 20.7. The number of hydrogen-bond acceptors (Lipinski definition) is 4. The third-order valence-electron chi connectivity index (χ3n) is 6.62. The van der Waals surface area contributed by atoms with Crippen LogP contribution >= 0.6 is 0 Å². The maximum Gasteiger partial charge on any atom is 0.355 e. The molecule has 4 rings (SSSR count). The SMILES string of the molecule is Cc1c(C(=O)O[C@H]2CCC[C@@H]2C)[nH]c2c1C(=O)C[C@@H](c1ccc(N(C)C)cc1)C2. The lowest BCUT2D eigenvalue weighted by molar-refractivity contribution is 0.0219. The van der Waals surface area contributed by atoms with Crippen LogP contribution in [0.25, 0.3) is 0 Å². The Morgan fingerprint density at radius 1 is 1.14 bits per heavy atom. The maximum atomic E-state index is 12.9. The van der Waals surface area contributed by atoms with Crippen LogP contribution < -0.4 is 4.90 Å². The second-order valence-electron chi connectivity index (χ2n) is 8.84. The zero-order valence-corrected chi connectivity index (χ0v) is 17.7. The molecule has 0 radical (unpaired) electrons. The van der Waals surface area contributed by atoms with Gasteiger partial charge < -0.3 is 14.6 Å².